The minimum atomic E-state index is -4.32. The highest BCUT2D eigenvalue weighted by molar-refractivity contribution is 7.11. The van der Waals surface area contributed by atoms with Crippen molar-refractivity contribution >= 4 is 11.3 Å². The zero-order valence-electron chi connectivity index (χ0n) is 10.8. The Balaban J connectivity index is 2.00. The summed E-state index contributed by atoms with van der Waals surface area (Å²) in [4.78, 5) is 6.42. The number of halogens is 3. The number of hydrogen-bond donors (Lipinski definition) is 1. The molecule has 1 aliphatic rings. The van der Waals surface area contributed by atoms with E-state index in [0.29, 0.717) is 17.5 Å². The second-order valence-electron chi connectivity index (χ2n) is 4.75. The molecule has 0 bridgehead atoms. The third kappa shape index (κ3) is 3.90. The molecule has 2 heterocycles. The predicted molar refractivity (Wildman–Crippen MR) is 69.1 cm³/mol. The van der Waals surface area contributed by atoms with Crippen molar-refractivity contribution in [2.24, 2.45) is 0 Å². The van der Waals surface area contributed by atoms with Gasteiger partial charge in [0.05, 0.1) is 0 Å². The Kier molecular flexibility index (Phi) is 4.81. The first kappa shape index (κ1) is 14.7. The first-order valence-corrected chi connectivity index (χ1v) is 7.29. The van der Waals surface area contributed by atoms with Crippen molar-refractivity contribution in [1.82, 2.24) is 15.2 Å². The van der Waals surface area contributed by atoms with Crippen molar-refractivity contribution in [2.75, 3.05) is 19.6 Å². The van der Waals surface area contributed by atoms with Crippen LogP contribution in [0, 0.1) is 0 Å². The van der Waals surface area contributed by atoms with Gasteiger partial charge in [0.15, 0.2) is 5.01 Å². The maximum atomic E-state index is 12.5. The van der Waals surface area contributed by atoms with E-state index in [1.54, 1.807) is 0 Å². The molecule has 2 rings (SSSR count). The van der Waals surface area contributed by atoms with Crippen LogP contribution < -0.4 is 5.32 Å². The lowest BCUT2D eigenvalue weighted by molar-refractivity contribution is -0.137. The highest BCUT2D eigenvalue weighted by Crippen LogP contribution is 2.33. The summed E-state index contributed by atoms with van der Waals surface area (Å²) in [5.74, 6) is 0. The predicted octanol–water partition coefficient (Wildman–Crippen LogP) is 2.74. The van der Waals surface area contributed by atoms with Gasteiger partial charge in [-0.3, -0.25) is 4.90 Å². The number of nitrogens with zero attached hydrogens (tertiary/aromatic N) is 2. The third-order valence-corrected chi connectivity index (χ3v) is 4.28. The van der Waals surface area contributed by atoms with E-state index in [2.05, 4.69) is 22.1 Å². The van der Waals surface area contributed by atoms with Gasteiger partial charge in [0.1, 0.15) is 0 Å². The van der Waals surface area contributed by atoms with Crippen LogP contribution in [0.5, 0.6) is 0 Å². The number of aromatic nitrogens is 1. The van der Waals surface area contributed by atoms with Crippen LogP contribution in [-0.4, -0.2) is 35.6 Å². The fourth-order valence-corrected chi connectivity index (χ4v) is 3.15. The summed E-state index contributed by atoms with van der Waals surface area (Å²) in [6.45, 7) is 5.38. The lowest BCUT2D eigenvalue weighted by atomic mass is 10.1. The molecule has 0 radical (unpaired) electrons. The van der Waals surface area contributed by atoms with Gasteiger partial charge in [-0.15, -0.1) is 11.3 Å². The lowest BCUT2D eigenvalue weighted by Gasteiger charge is -2.35. The van der Waals surface area contributed by atoms with E-state index in [4.69, 9.17) is 0 Å². The highest BCUT2D eigenvalue weighted by atomic mass is 32.1. The van der Waals surface area contributed by atoms with Crippen molar-refractivity contribution in [3.05, 3.63) is 16.1 Å². The molecule has 108 valence electrons. The Hall–Kier alpha value is -0.660. The van der Waals surface area contributed by atoms with Crippen LogP contribution in [0.4, 0.5) is 13.2 Å². The molecule has 1 aromatic heterocycles. The summed E-state index contributed by atoms with van der Waals surface area (Å²) < 4.78 is 37.5. The molecule has 3 nitrogen and oxygen atoms in total. The van der Waals surface area contributed by atoms with Crippen LogP contribution >= 0.6 is 11.3 Å². The molecular weight excluding hydrogens is 275 g/mol. The molecule has 19 heavy (non-hydrogen) atoms. The third-order valence-electron chi connectivity index (χ3n) is 3.25. The topological polar surface area (TPSA) is 28.2 Å². The van der Waals surface area contributed by atoms with Gasteiger partial charge < -0.3 is 5.32 Å². The molecule has 1 atom stereocenters. The van der Waals surface area contributed by atoms with Crippen molar-refractivity contribution < 1.29 is 13.2 Å². The fraction of sp³-hybridized carbons (Fsp3) is 0.750. The van der Waals surface area contributed by atoms with Crippen LogP contribution in [0.2, 0.25) is 0 Å². The van der Waals surface area contributed by atoms with E-state index in [1.165, 1.54) is 6.20 Å². The standard InChI is InChI=1S/C12H18F3N3S/c1-2-3-9-6-16-4-5-18(9)8-10-7-17-11(19-10)12(13,14)15/h7,9,16H,2-6,8H2,1H3. The molecule has 0 amide bonds. The normalized spacial score (nSPS) is 21.8. The fourth-order valence-electron chi connectivity index (χ4n) is 2.34. The highest BCUT2D eigenvalue weighted by Gasteiger charge is 2.34. The Morgan fingerprint density at radius 3 is 2.95 bits per heavy atom. The van der Waals surface area contributed by atoms with Crippen molar-refractivity contribution in [3.63, 3.8) is 0 Å². The SMILES string of the molecule is CCCC1CNCCN1Cc1cnc(C(F)(F)F)s1. The van der Waals surface area contributed by atoms with E-state index in [-0.39, 0.29) is 0 Å². The maximum Gasteiger partial charge on any atom is 0.443 e. The van der Waals surface area contributed by atoms with Gasteiger partial charge >= 0.3 is 6.18 Å². The number of alkyl halides is 3. The van der Waals surface area contributed by atoms with E-state index >= 15 is 0 Å². The summed E-state index contributed by atoms with van der Waals surface area (Å²) in [6.07, 6.45) is -0.814. The summed E-state index contributed by atoms with van der Waals surface area (Å²) in [7, 11) is 0. The zero-order chi connectivity index (χ0) is 13.9. The molecule has 1 N–H and O–H groups in total. The largest absolute Gasteiger partial charge is 0.443 e. The molecule has 1 aromatic rings. The van der Waals surface area contributed by atoms with Gasteiger partial charge in [-0.1, -0.05) is 13.3 Å². The molecule has 1 fully saturated rings. The van der Waals surface area contributed by atoms with E-state index in [1.807, 2.05) is 0 Å². The average molecular weight is 293 g/mol. The van der Waals surface area contributed by atoms with Gasteiger partial charge in [-0.05, 0) is 6.42 Å². The van der Waals surface area contributed by atoms with Crippen LogP contribution in [0.3, 0.4) is 0 Å². The molecular formula is C12H18F3N3S. The second kappa shape index (κ2) is 6.19. The number of rotatable bonds is 4. The molecule has 0 aromatic carbocycles. The molecule has 1 aliphatic heterocycles. The van der Waals surface area contributed by atoms with Crippen LogP contribution in [0.25, 0.3) is 0 Å². The Morgan fingerprint density at radius 2 is 2.32 bits per heavy atom. The first-order valence-electron chi connectivity index (χ1n) is 6.47. The number of piperazine rings is 1. The summed E-state index contributed by atoms with van der Waals surface area (Å²) >= 11 is 0.755. The van der Waals surface area contributed by atoms with Gasteiger partial charge in [-0.2, -0.15) is 13.2 Å². The second-order valence-corrected chi connectivity index (χ2v) is 5.86. The zero-order valence-corrected chi connectivity index (χ0v) is 11.7. The van der Waals surface area contributed by atoms with Gasteiger partial charge in [-0.25, -0.2) is 4.98 Å². The summed E-state index contributed by atoms with van der Waals surface area (Å²) in [5.41, 5.74) is 0. The molecule has 1 unspecified atom stereocenters. The molecule has 1 saturated heterocycles. The Labute approximate surface area is 114 Å². The van der Waals surface area contributed by atoms with Crippen LogP contribution in [0.1, 0.15) is 29.7 Å². The van der Waals surface area contributed by atoms with Crippen LogP contribution in [-0.2, 0) is 12.7 Å². The van der Waals surface area contributed by atoms with E-state index in [0.717, 1.165) is 43.8 Å². The number of nitrogens with one attached hydrogen (secondary N) is 1. The molecule has 0 aliphatic carbocycles. The number of hydrogen-bond acceptors (Lipinski definition) is 4. The molecule has 7 heteroatoms. The Morgan fingerprint density at radius 1 is 1.53 bits per heavy atom. The average Bonchev–Trinajstić information content (AvgIpc) is 2.80. The van der Waals surface area contributed by atoms with Crippen molar-refractivity contribution in [3.8, 4) is 0 Å². The minimum Gasteiger partial charge on any atom is -0.314 e. The smallest absolute Gasteiger partial charge is 0.314 e. The van der Waals surface area contributed by atoms with E-state index in [9.17, 15) is 13.2 Å². The monoisotopic (exact) mass is 293 g/mol. The Bertz CT molecular complexity index is 403. The van der Waals surface area contributed by atoms with Gasteiger partial charge in [0.25, 0.3) is 0 Å². The van der Waals surface area contributed by atoms with Gasteiger partial charge in [0, 0.05) is 43.3 Å². The number of thiazole rings is 1. The van der Waals surface area contributed by atoms with Gasteiger partial charge in [0.2, 0.25) is 0 Å². The lowest BCUT2D eigenvalue weighted by Crippen LogP contribution is -2.50. The van der Waals surface area contributed by atoms with Crippen molar-refractivity contribution in [1.29, 1.82) is 0 Å². The maximum absolute atomic E-state index is 12.5. The summed E-state index contributed by atoms with van der Waals surface area (Å²) in [6, 6.07) is 0.412. The summed E-state index contributed by atoms with van der Waals surface area (Å²) in [5, 5.41) is 2.59. The minimum absolute atomic E-state index is 0.412. The molecule has 0 spiro atoms. The molecule has 0 saturated carbocycles. The van der Waals surface area contributed by atoms with Crippen LogP contribution in [0.15, 0.2) is 6.20 Å². The van der Waals surface area contributed by atoms with E-state index < -0.39 is 11.2 Å². The van der Waals surface area contributed by atoms with Crippen molar-refractivity contribution in [2.45, 2.75) is 38.5 Å². The first-order chi connectivity index (χ1) is 9.00. The quantitative estimate of drug-likeness (QED) is 0.925.